The summed E-state index contributed by atoms with van der Waals surface area (Å²) in [5.41, 5.74) is 0.675. The van der Waals surface area contributed by atoms with Crippen LogP contribution < -0.4 is 0 Å². The van der Waals surface area contributed by atoms with Crippen LogP contribution in [0.15, 0.2) is 29.2 Å². The summed E-state index contributed by atoms with van der Waals surface area (Å²) in [7, 11) is -0.903. The van der Waals surface area contributed by atoms with Gasteiger partial charge in [-0.1, -0.05) is 12.1 Å². The molecule has 0 aliphatic rings. The number of nitrogens with zero attached hydrogens (tertiary/aromatic N) is 2. The summed E-state index contributed by atoms with van der Waals surface area (Å²) >= 11 is 0. The number of hydrogen-bond donors (Lipinski definition) is 0. The van der Waals surface area contributed by atoms with Crippen LogP contribution in [-0.4, -0.2) is 38.9 Å². The molecule has 0 bridgehead atoms. The Hall–Kier alpha value is -1.91. The molecule has 1 aromatic carbocycles. The van der Waals surface area contributed by atoms with Gasteiger partial charge in [-0.25, -0.2) is 8.42 Å². The van der Waals surface area contributed by atoms with E-state index in [0.29, 0.717) is 5.56 Å². The van der Waals surface area contributed by atoms with Crippen LogP contribution in [0.5, 0.6) is 0 Å². The number of ether oxygens (including phenoxy) is 1. The molecule has 0 spiro atoms. The van der Waals surface area contributed by atoms with Crippen LogP contribution in [0.1, 0.15) is 18.9 Å². The minimum Gasteiger partial charge on any atom is -0.469 e. The van der Waals surface area contributed by atoms with E-state index in [-0.39, 0.29) is 23.7 Å². The van der Waals surface area contributed by atoms with Crippen molar-refractivity contribution >= 4 is 16.0 Å². The van der Waals surface area contributed by atoms with Gasteiger partial charge in [0.25, 0.3) is 0 Å². The SMILES string of the molecule is COC(=O)Cc1ccc(S(=O)(=O)N(C)C(C)CC#N)cc1. The molecule has 0 radical (unpaired) electrons. The molecule has 0 fully saturated rings. The van der Waals surface area contributed by atoms with Gasteiger partial charge in [-0.2, -0.15) is 9.57 Å². The van der Waals surface area contributed by atoms with E-state index < -0.39 is 16.1 Å². The van der Waals surface area contributed by atoms with Gasteiger partial charge in [-0.15, -0.1) is 0 Å². The van der Waals surface area contributed by atoms with Gasteiger partial charge in [0.2, 0.25) is 10.0 Å². The van der Waals surface area contributed by atoms with Crippen LogP contribution in [0.2, 0.25) is 0 Å². The first-order valence-electron chi connectivity index (χ1n) is 6.33. The summed E-state index contributed by atoms with van der Waals surface area (Å²) in [6, 6.07) is 7.59. The molecule has 7 heteroatoms. The zero-order valence-electron chi connectivity index (χ0n) is 12.2. The normalized spacial score (nSPS) is 12.7. The highest BCUT2D eigenvalue weighted by molar-refractivity contribution is 7.89. The second-order valence-electron chi connectivity index (χ2n) is 4.63. The van der Waals surface area contributed by atoms with Crippen molar-refractivity contribution in [1.29, 1.82) is 5.26 Å². The van der Waals surface area contributed by atoms with Gasteiger partial charge in [0.05, 0.1) is 30.9 Å². The van der Waals surface area contributed by atoms with Crippen molar-refractivity contribution < 1.29 is 17.9 Å². The third-order valence-electron chi connectivity index (χ3n) is 3.18. The Labute approximate surface area is 125 Å². The van der Waals surface area contributed by atoms with E-state index in [1.807, 2.05) is 6.07 Å². The van der Waals surface area contributed by atoms with Gasteiger partial charge in [0.15, 0.2) is 0 Å². The van der Waals surface area contributed by atoms with E-state index >= 15 is 0 Å². The minimum absolute atomic E-state index is 0.0947. The number of hydrogen-bond acceptors (Lipinski definition) is 5. The maximum Gasteiger partial charge on any atom is 0.309 e. The second-order valence-corrected chi connectivity index (χ2v) is 6.63. The Balaban J connectivity index is 2.95. The van der Waals surface area contributed by atoms with E-state index in [1.165, 1.54) is 30.6 Å². The lowest BCUT2D eigenvalue weighted by molar-refractivity contribution is -0.139. The van der Waals surface area contributed by atoms with Gasteiger partial charge >= 0.3 is 5.97 Å². The topological polar surface area (TPSA) is 87.5 Å². The van der Waals surface area contributed by atoms with Gasteiger partial charge in [0, 0.05) is 13.1 Å². The first-order valence-corrected chi connectivity index (χ1v) is 7.77. The molecule has 21 heavy (non-hydrogen) atoms. The molecular weight excluding hydrogens is 292 g/mol. The van der Waals surface area contributed by atoms with Crippen LogP contribution >= 0.6 is 0 Å². The quantitative estimate of drug-likeness (QED) is 0.740. The zero-order valence-corrected chi connectivity index (χ0v) is 13.1. The molecule has 6 nitrogen and oxygen atoms in total. The first-order chi connectivity index (χ1) is 9.82. The Bertz CT molecular complexity index is 632. The highest BCUT2D eigenvalue weighted by Gasteiger charge is 2.25. The van der Waals surface area contributed by atoms with Crippen LogP contribution in [0.3, 0.4) is 0 Å². The van der Waals surface area contributed by atoms with Crippen molar-refractivity contribution in [3.63, 3.8) is 0 Å². The lowest BCUT2D eigenvalue weighted by atomic mass is 10.2. The van der Waals surface area contributed by atoms with Crippen molar-refractivity contribution in [2.75, 3.05) is 14.2 Å². The molecule has 0 aromatic heterocycles. The lowest BCUT2D eigenvalue weighted by Gasteiger charge is -2.22. The molecule has 0 saturated carbocycles. The number of esters is 1. The monoisotopic (exact) mass is 310 g/mol. The molecule has 0 N–H and O–H groups in total. The van der Waals surface area contributed by atoms with Gasteiger partial charge < -0.3 is 4.74 Å². The number of rotatable bonds is 6. The van der Waals surface area contributed by atoms with Gasteiger partial charge in [0.1, 0.15) is 0 Å². The number of benzene rings is 1. The van der Waals surface area contributed by atoms with Gasteiger partial charge in [-0.3, -0.25) is 4.79 Å². The van der Waals surface area contributed by atoms with E-state index in [2.05, 4.69) is 4.74 Å². The molecule has 0 heterocycles. The fraction of sp³-hybridized carbons (Fsp3) is 0.429. The number of carbonyl (C=O) groups is 1. The standard InChI is InChI=1S/C14H18N2O4S/c1-11(8-9-15)16(2)21(18,19)13-6-4-12(5-7-13)10-14(17)20-3/h4-7,11H,8,10H2,1-3H3. The number of sulfonamides is 1. The van der Waals surface area contributed by atoms with Crippen LogP contribution in [0.25, 0.3) is 0 Å². The molecule has 0 aliphatic heterocycles. The van der Waals surface area contributed by atoms with Crippen molar-refractivity contribution in [2.24, 2.45) is 0 Å². The van der Waals surface area contributed by atoms with E-state index in [9.17, 15) is 13.2 Å². The Kier molecular flexibility index (Phi) is 5.88. The first kappa shape index (κ1) is 17.1. The molecule has 1 unspecified atom stereocenters. The third kappa shape index (κ3) is 4.28. The molecule has 0 amide bonds. The van der Waals surface area contributed by atoms with Gasteiger partial charge in [-0.05, 0) is 24.6 Å². The maximum atomic E-state index is 12.4. The molecule has 1 aromatic rings. The van der Waals surface area contributed by atoms with Crippen molar-refractivity contribution in [3.8, 4) is 6.07 Å². The fourth-order valence-corrected chi connectivity index (χ4v) is 3.04. The van der Waals surface area contributed by atoms with Crippen molar-refractivity contribution in [3.05, 3.63) is 29.8 Å². The zero-order chi connectivity index (χ0) is 16.0. The number of methoxy groups -OCH3 is 1. The fourth-order valence-electron chi connectivity index (χ4n) is 1.68. The summed E-state index contributed by atoms with van der Waals surface area (Å²) in [4.78, 5) is 11.3. The third-order valence-corrected chi connectivity index (χ3v) is 5.17. The van der Waals surface area contributed by atoms with Crippen LogP contribution in [0.4, 0.5) is 0 Å². The molecule has 114 valence electrons. The van der Waals surface area contributed by atoms with Crippen molar-refractivity contribution in [2.45, 2.75) is 30.7 Å². The summed E-state index contributed by atoms with van der Waals surface area (Å²) in [5.74, 6) is -0.384. The predicted octanol–water partition coefficient (Wildman–Crippen LogP) is 1.32. The molecule has 1 rings (SSSR count). The number of carbonyl (C=O) groups excluding carboxylic acids is 1. The highest BCUT2D eigenvalue weighted by Crippen LogP contribution is 2.18. The number of nitriles is 1. The Morgan fingerprint density at radius 1 is 1.38 bits per heavy atom. The molecule has 0 aliphatic carbocycles. The van der Waals surface area contributed by atoms with E-state index in [4.69, 9.17) is 5.26 Å². The molecule has 0 saturated heterocycles. The highest BCUT2D eigenvalue weighted by atomic mass is 32.2. The minimum atomic E-state index is -3.65. The molecular formula is C14H18N2O4S. The average molecular weight is 310 g/mol. The Morgan fingerprint density at radius 3 is 2.43 bits per heavy atom. The summed E-state index contributed by atoms with van der Waals surface area (Å²) < 4.78 is 30.5. The van der Waals surface area contributed by atoms with Crippen LogP contribution in [0, 0.1) is 11.3 Å². The second kappa shape index (κ2) is 7.20. The lowest BCUT2D eigenvalue weighted by Crippen LogP contribution is -2.34. The largest absolute Gasteiger partial charge is 0.469 e. The van der Waals surface area contributed by atoms with E-state index in [1.54, 1.807) is 19.1 Å². The summed E-state index contributed by atoms with van der Waals surface area (Å²) in [6.07, 6.45) is 0.216. The average Bonchev–Trinajstić information content (AvgIpc) is 2.47. The Morgan fingerprint density at radius 2 is 1.95 bits per heavy atom. The molecule has 1 atom stereocenters. The smallest absolute Gasteiger partial charge is 0.309 e. The van der Waals surface area contributed by atoms with Crippen LogP contribution in [-0.2, 0) is 26.0 Å². The summed E-state index contributed by atoms with van der Waals surface area (Å²) in [6.45, 7) is 1.67. The predicted molar refractivity (Wildman–Crippen MR) is 76.8 cm³/mol. The maximum absolute atomic E-state index is 12.4. The van der Waals surface area contributed by atoms with E-state index in [0.717, 1.165) is 0 Å². The summed E-state index contributed by atoms with van der Waals surface area (Å²) in [5, 5.41) is 8.65. The van der Waals surface area contributed by atoms with Crippen molar-refractivity contribution in [1.82, 2.24) is 4.31 Å².